The molecule has 1 N–H and O–H groups in total. The zero-order chi connectivity index (χ0) is 21.9. The van der Waals surface area contributed by atoms with E-state index in [1.807, 2.05) is 20.8 Å². The van der Waals surface area contributed by atoms with Crippen molar-refractivity contribution in [1.82, 2.24) is 4.90 Å². The van der Waals surface area contributed by atoms with Gasteiger partial charge in [0.2, 0.25) is 11.8 Å². The minimum Gasteiger partial charge on any atom is -0.477 e. The molecule has 8 heteroatoms. The third kappa shape index (κ3) is 5.21. The first-order chi connectivity index (χ1) is 14.2. The number of hydrogen-bond acceptors (Lipinski definition) is 5. The molecule has 2 heterocycles. The van der Waals surface area contributed by atoms with E-state index in [9.17, 15) is 19.5 Å². The molecule has 2 fully saturated rings. The van der Waals surface area contributed by atoms with Crippen molar-refractivity contribution in [2.45, 2.75) is 58.3 Å². The van der Waals surface area contributed by atoms with Crippen molar-refractivity contribution in [2.75, 3.05) is 37.7 Å². The van der Waals surface area contributed by atoms with Gasteiger partial charge < -0.3 is 19.6 Å². The van der Waals surface area contributed by atoms with Gasteiger partial charge in [-0.1, -0.05) is 40.0 Å². The van der Waals surface area contributed by atoms with E-state index >= 15 is 0 Å². The monoisotopic (exact) mass is 436 g/mol. The molecule has 1 aliphatic heterocycles. The van der Waals surface area contributed by atoms with Crippen molar-refractivity contribution >= 4 is 34.8 Å². The number of nitrogens with zero attached hydrogens (tertiary/aromatic N) is 2. The number of carboxylic acids is 1. The summed E-state index contributed by atoms with van der Waals surface area (Å²) in [7, 11) is 0. The van der Waals surface area contributed by atoms with Gasteiger partial charge in [-0.15, -0.1) is 11.3 Å². The van der Waals surface area contributed by atoms with Crippen molar-refractivity contribution in [3.63, 3.8) is 0 Å². The molecule has 0 unspecified atom stereocenters. The van der Waals surface area contributed by atoms with Crippen LogP contribution < -0.4 is 4.90 Å². The number of ether oxygens (including phenoxy) is 1. The lowest BCUT2D eigenvalue weighted by Crippen LogP contribution is -2.48. The Morgan fingerprint density at radius 3 is 2.37 bits per heavy atom. The van der Waals surface area contributed by atoms with Gasteiger partial charge in [0, 0.05) is 23.9 Å². The maximum atomic E-state index is 13.5. The Hall–Kier alpha value is -1.93. The fourth-order valence-electron chi connectivity index (χ4n) is 4.00. The van der Waals surface area contributed by atoms with Crippen LogP contribution in [0.25, 0.3) is 0 Å². The summed E-state index contributed by atoms with van der Waals surface area (Å²) in [5.74, 6) is -1.51. The highest BCUT2D eigenvalue weighted by atomic mass is 32.1. The molecule has 166 valence electrons. The van der Waals surface area contributed by atoms with Crippen LogP contribution in [0, 0.1) is 5.92 Å². The summed E-state index contributed by atoms with van der Waals surface area (Å²) in [6, 6.07) is 1.79. The number of thiophene rings is 1. The molecule has 1 aromatic rings. The van der Waals surface area contributed by atoms with Gasteiger partial charge >= 0.3 is 5.97 Å². The smallest absolute Gasteiger partial charge is 0.348 e. The van der Waals surface area contributed by atoms with Gasteiger partial charge in [0.1, 0.15) is 11.4 Å². The van der Waals surface area contributed by atoms with Gasteiger partial charge in [-0.25, -0.2) is 4.79 Å². The lowest BCUT2D eigenvalue weighted by atomic mass is 9.88. The first-order valence-electron chi connectivity index (χ1n) is 10.7. The van der Waals surface area contributed by atoms with Gasteiger partial charge in [-0.2, -0.15) is 0 Å². The summed E-state index contributed by atoms with van der Waals surface area (Å²) < 4.78 is 5.32. The van der Waals surface area contributed by atoms with E-state index in [-0.39, 0.29) is 34.6 Å². The quantitative estimate of drug-likeness (QED) is 0.763. The van der Waals surface area contributed by atoms with E-state index in [4.69, 9.17) is 4.74 Å². The predicted molar refractivity (Wildman–Crippen MR) is 116 cm³/mol. The Bertz CT molecular complexity index is 786. The molecule has 0 radical (unpaired) electrons. The molecule has 1 aromatic heterocycles. The molecule has 2 amide bonds. The summed E-state index contributed by atoms with van der Waals surface area (Å²) in [6.45, 7) is 7.86. The molecule has 1 saturated carbocycles. The first kappa shape index (κ1) is 22.7. The van der Waals surface area contributed by atoms with Gasteiger partial charge in [-0.3, -0.25) is 9.59 Å². The van der Waals surface area contributed by atoms with Crippen LogP contribution in [-0.2, 0) is 19.7 Å². The molecule has 7 nitrogen and oxygen atoms in total. The van der Waals surface area contributed by atoms with Crippen LogP contribution in [0.15, 0.2) is 6.07 Å². The molecular weight excluding hydrogens is 404 g/mol. The second-order valence-electron chi connectivity index (χ2n) is 9.13. The van der Waals surface area contributed by atoms with E-state index in [2.05, 4.69) is 0 Å². The van der Waals surface area contributed by atoms with E-state index in [0.717, 1.165) is 37.0 Å². The fourth-order valence-corrected chi connectivity index (χ4v) is 5.06. The van der Waals surface area contributed by atoms with Crippen LogP contribution in [0.4, 0.5) is 5.69 Å². The molecule has 0 aromatic carbocycles. The molecule has 0 atom stereocenters. The lowest BCUT2D eigenvalue weighted by molar-refractivity contribution is -0.135. The van der Waals surface area contributed by atoms with Gasteiger partial charge in [0.05, 0.1) is 18.9 Å². The van der Waals surface area contributed by atoms with Crippen molar-refractivity contribution in [3.05, 3.63) is 15.8 Å². The number of carbonyl (C=O) groups is 3. The van der Waals surface area contributed by atoms with Crippen molar-refractivity contribution < 1.29 is 24.2 Å². The molecule has 0 spiro atoms. The molecule has 0 bridgehead atoms. The predicted octanol–water partition coefficient (Wildman–Crippen LogP) is 3.52. The van der Waals surface area contributed by atoms with Crippen LogP contribution in [0.5, 0.6) is 0 Å². The normalized spacial score (nSPS) is 18.3. The number of rotatable bonds is 5. The van der Waals surface area contributed by atoms with Crippen molar-refractivity contribution in [3.8, 4) is 0 Å². The SMILES string of the molecule is CC(C)(C)c1cc(N(CC(=O)N2CCOCC2)C(=O)C2CCCCC2)c(C(=O)O)s1. The number of morpholine rings is 1. The summed E-state index contributed by atoms with van der Waals surface area (Å²) in [5, 5.41) is 9.83. The van der Waals surface area contributed by atoms with Gasteiger partial charge in [-0.05, 0) is 24.3 Å². The van der Waals surface area contributed by atoms with E-state index in [0.29, 0.717) is 32.0 Å². The van der Waals surface area contributed by atoms with Crippen LogP contribution >= 0.6 is 11.3 Å². The van der Waals surface area contributed by atoms with Crippen LogP contribution in [0.3, 0.4) is 0 Å². The van der Waals surface area contributed by atoms with Gasteiger partial charge in [0.15, 0.2) is 0 Å². The summed E-state index contributed by atoms with van der Waals surface area (Å²) in [4.78, 5) is 42.6. The Morgan fingerprint density at radius 1 is 1.17 bits per heavy atom. The van der Waals surface area contributed by atoms with Crippen LogP contribution in [-0.4, -0.2) is 60.6 Å². The molecule has 30 heavy (non-hydrogen) atoms. The molecular formula is C22H32N2O5S. The van der Waals surface area contributed by atoms with Gasteiger partial charge in [0.25, 0.3) is 0 Å². The largest absolute Gasteiger partial charge is 0.477 e. The standard InChI is InChI=1S/C22H32N2O5S/c1-22(2,3)17-13-16(19(30-17)21(27)28)24(20(26)15-7-5-4-6-8-15)14-18(25)23-9-11-29-12-10-23/h13,15H,4-12,14H2,1-3H3,(H,27,28). The number of anilines is 1. The van der Waals surface area contributed by atoms with E-state index in [1.165, 1.54) is 16.2 Å². The van der Waals surface area contributed by atoms with Crippen molar-refractivity contribution in [2.24, 2.45) is 5.92 Å². The highest BCUT2D eigenvalue weighted by Crippen LogP contribution is 2.38. The zero-order valence-electron chi connectivity index (χ0n) is 18.1. The number of carboxylic acid groups (broad SMARTS) is 1. The highest BCUT2D eigenvalue weighted by molar-refractivity contribution is 7.14. The maximum Gasteiger partial charge on any atom is 0.348 e. The molecule has 3 rings (SSSR count). The number of carbonyl (C=O) groups excluding carboxylic acids is 2. The topological polar surface area (TPSA) is 87.2 Å². The molecule has 2 aliphatic rings. The summed E-state index contributed by atoms with van der Waals surface area (Å²) >= 11 is 1.19. The maximum absolute atomic E-state index is 13.5. The number of amides is 2. The first-order valence-corrected chi connectivity index (χ1v) is 11.5. The van der Waals surface area contributed by atoms with Crippen LogP contribution in [0.2, 0.25) is 0 Å². The third-order valence-corrected chi connectivity index (χ3v) is 7.35. The molecule has 1 saturated heterocycles. The number of aromatic carboxylic acids is 1. The summed E-state index contributed by atoms with van der Waals surface area (Å²) in [5.41, 5.74) is 0.107. The Morgan fingerprint density at radius 2 is 1.80 bits per heavy atom. The highest BCUT2D eigenvalue weighted by Gasteiger charge is 2.34. The summed E-state index contributed by atoms with van der Waals surface area (Å²) in [6.07, 6.45) is 4.68. The van der Waals surface area contributed by atoms with Crippen LogP contribution in [0.1, 0.15) is 67.4 Å². The molecule has 1 aliphatic carbocycles. The Labute approximate surface area is 182 Å². The van der Waals surface area contributed by atoms with E-state index in [1.54, 1.807) is 11.0 Å². The Balaban J connectivity index is 1.95. The zero-order valence-corrected chi connectivity index (χ0v) is 18.9. The fraction of sp³-hybridized carbons (Fsp3) is 0.682. The average molecular weight is 437 g/mol. The van der Waals surface area contributed by atoms with E-state index < -0.39 is 5.97 Å². The minimum absolute atomic E-state index is 0.124. The average Bonchev–Trinajstić information content (AvgIpc) is 3.19. The second kappa shape index (κ2) is 9.47. The number of hydrogen-bond donors (Lipinski definition) is 1. The van der Waals surface area contributed by atoms with Crippen molar-refractivity contribution in [1.29, 1.82) is 0 Å². The third-order valence-electron chi connectivity index (χ3n) is 5.81. The minimum atomic E-state index is -1.06. The lowest BCUT2D eigenvalue weighted by Gasteiger charge is -2.32. The Kier molecular flexibility index (Phi) is 7.18. The second-order valence-corrected chi connectivity index (χ2v) is 10.2.